The first-order valence-corrected chi connectivity index (χ1v) is 7.05. The molecule has 0 unspecified atom stereocenters. The standard InChI is InChI=1S/C15H16B2O7.2K.2H/c1-21-13-7-3-5-11(9-13)16(19)23-15(18)24-17(20)12-6-4-8-14(10-12)22-2;;;;/h3-10,19-20H,1-2H3;;;;. The van der Waals surface area contributed by atoms with Crippen LogP contribution in [0.2, 0.25) is 0 Å². The molecule has 2 aromatic rings. The second kappa shape index (κ2) is 13.7. The van der Waals surface area contributed by atoms with Crippen molar-refractivity contribution in [2.75, 3.05) is 14.2 Å². The van der Waals surface area contributed by atoms with Gasteiger partial charge in [0.2, 0.25) is 0 Å². The van der Waals surface area contributed by atoms with Gasteiger partial charge in [-0.15, -0.1) is 0 Å². The summed E-state index contributed by atoms with van der Waals surface area (Å²) < 4.78 is 19.5. The molecule has 0 aromatic heterocycles. The van der Waals surface area contributed by atoms with Crippen molar-refractivity contribution in [2.24, 2.45) is 0 Å². The van der Waals surface area contributed by atoms with E-state index >= 15 is 0 Å². The van der Waals surface area contributed by atoms with Crippen molar-refractivity contribution < 1.29 is 33.6 Å². The normalized spacial score (nSPS) is 9.08. The Kier molecular flexibility index (Phi) is 14.1. The van der Waals surface area contributed by atoms with Crippen molar-refractivity contribution in [1.82, 2.24) is 0 Å². The Hall–Kier alpha value is 0.633. The zero-order valence-electron chi connectivity index (χ0n) is 13.2. The molecule has 0 fully saturated rings. The van der Waals surface area contributed by atoms with Gasteiger partial charge in [-0.1, -0.05) is 24.3 Å². The predicted octanol–water partition coefficient (Wildman–Crippen LogP) is -1.36. The molecule has 0 saturated heterocycles. The Labute approximate surface area is 237 Å². The van der Waals surface area contributed by atoms with E-state index in [4.69, 9.17) is 18.8 Å². The second-order valence-electron chi connectivity index (χ2n) is 4.74. The molecule has 26 heavy (non-hydrogen) atoms. The summed E-state index contributed by atoms with van der Waals surface area (Å²) in [6.07, 6.45) is -1.22. The van der Waals surface area contributed by atoms with Crippen molar-refractivity contribution in [1.29, 1.82) is 0 Å². The maximum atomic E-state index is 11.7. The molecule has 2 rings (SSSR count). The Morgan fingerprint density at radius 2 is 1.19 bits per heavy atom. The fraction of sp³-hybridized carbons (Fsp3) is 0.133. The number of carbonyl (C=O) groups is 1. The third-order valence-corrected chi connectivity index (χ3v) is 3.17. The Bertz CT molecular complexity index is 648. The van der Waals surface area contributed by atoms with Crippen LogP contribution in [0.5, 0.6) is 11.5 Å². The van der Waals surface area contributed by atoms with Gasteiger partial charge < -0.3 is 28.8 Å². The zero-order chi connectivity index (χ0) is 17.5. The Balaban J connectivity index is 0.00000312. The van der Waals surface area contributed by atoms with Crippen LogP contribution < -0.4 is 20.4 Å². The van der Waals surface area contributed by atoms with Crippen LogP contribution in [-0.4, -0.2) is 147 Å². The summed E-state index contributed by atoms with van der Waals surface area (Å²) in [5, 5.41) is 19.8. The molecule has 0 radical (unpaired) electrons. The summed E-state index contributed by atoms with van der Waals surface area (Å²) in [5.41, 5.74) is 0.615. The summed E-state index contributed by atoms with van der Waals surface area (Å²) in [5.74, 6) is 1.000. The number of rotatable bonds is 6. The monoisotopic (exact) mass is 410 g/mol. The van der Waals surface area contributed by atoms with E-state index in [9.17, 15) is 14.8 Å². The fourth-order valence-electron chi connectivity index (χ4n) is 1.94. The molecule has 0 aliphatic rings. The van der Waals surface area contributed by atoms with E-state index in [1.807, 2.05) is 0 Å². The molecule has 0 spiro atoms. The average molecular weight is 410 g/mol. The van der Waals surface area contributed by atoms with Gasteiger partial charge in [-0.05, 0) is 24.3 Å². The van der Waals surface area contributed by atoms with Crippen molar-refractivity contribution in [3.05, 3.63) is 48.5 Å². The third-order valence-electron chi connectivity index (χ3n) is 3.17. The van der Waals surface area contributed by atoms with E-state index < -0.39 is 20.4 Å². The van der Waals surface area contributed by atoms with Gasteiger partial charge in [0.1, 0.15) is 11.5 Å². The summed E-state index contributed by atoms with van der Waals surface area (Å²) in [4.78, 5) is 11.7. The molecule has 11 heteroatoms. The van der Waals surface area contributed by atoms with Crippen LogP contribution >= 0.6 is 0 Å². The van der Waals surface area contributed by atoms with Crippen LogP contribution in [0.1, 0.15) is 0 Å². The molecular weight excluding hydrogens is 392 g/mol. The van der Waals surface area contributed by atoms with Gasteiger partial charge in [0, 0.05) is 10.9 Å². The van der Waals surface area contributed by atoms with Crippen LogP contribution in [0.25, 0.3) is 0 Å². The van der Waals surface area contributed by atoms with Gasteiger partial charge in [-0.3, -0.25) is 0 Å². The molecule has 0 aliphatic heterocycles. The molecular formula is C15H18B2K2O7. The average Bonchev–Trinajstić information content (AvgIpc) is 2.61. The topological polar surface area (TPSA) is 94.5 Å². The van der Waals surface area contributed by atoms with Gasteiger partial charge in [-0.25, -0.2) is 4.79 Å². The summed E-state index contributed by atoms with van der Waals surface area (Å²) in [6, 6.07) is 12.8. The number of hydrogen-bond donors (Lipinski definition) is 2. The summed E-state index contributed by atoms with van der Waals surface area (Å²) >= 11 is 0. The van der Waals surface area contributed by atoms with Gasteiger partial charge in [0.25, 0.3) is 0 Å². The van der Waals surface area contributed by atoms with Crippen molar-refractivity contribution in [3.8, 4) is 11.5 Å². The van der Waals surface area contributed by atoms with Gasteiger partial charge >= 0.3 is 123 Å². The third kappa shape index (κ3) is 8.33. The molecule has 0 heterocycles. The summed E-state index contributed by atoms with van der Waals surface area (Å²) in [7, 11) is -0.147. The van der Waals surface area contributed by atoms with E-state index in [1.54, 1.807) is 36.4 Å². The molecule has 0 saturated carbocycles. The first-order chi connectivity index (χ1) is 11.5. The fourth-order valence-corrected chi connectivity index (χ4v) is 1.94. The van der Waals surface area contributed by atoms with Crippen LogP contribution in [0.15, 0.2) is 48.5 Å². The SMILES string of the molecule is COc1cccc(B(O)OC(=O)OB(O)c2cccc(OC)c2)c1.[KH].[KH]. The molecule has 2 N–H and O–H groups in total. The number of carbonyl (C=O) groups excluding carboxylic acids is 1. The maximum absolute atomic E-state index is 11.7. The van der Waals surface area contributed by atoms with Crippen molar-refractivity contribution >= 4 is 134 Å². The van der Waals surface area contributed by atoms with E-state index in [0.29, 0.717) is 22.4 Å². The number of ether oxygens (including phenoxy) is 2. The molecule has 0 aliphatic carbocycles. The van der Waals surface area contributed by atoms with Gasteiger partial charge in [0.15, 0.2) is 0 Å². The van der Waals surface area contributed by atoms with E-state index in [2.05, 4.69) is 0 Å². The number of methoxy groups -OCH3 is 2. The van der Waals surface area contributed by atoms with E-state index in [1.165, 1.54) is 26.4 Å². The Morgan fingerprint density at radius 1 is 0.808 bits per heavy atom. The van der Waals surface area contributed by atoms with Crippen molar-refractivity contribution in [2.45, 2.75) is 0 Å². The number of benzene rings is 2. The molecule has 7 nitrogen and oxygen atoms in total. The second-order valence-corrected chi connectivity index (χ2v) is 4.74. The van der Waals surface area contributed by atoms with Crippen LogP contribution in [0.3, 0.4) is 0 Å². The molecule has 0 atom stereocenters. The molecule has 128 valence electrons. The molecule has 0 amide bonds. The molecule has 0 bridgehead atoms. The molecule has 2 aromatic carbocycles. The minimum absolute atomic E-state index is 0. The number of hydrogen-bond acceptors (Lipinski definition) is 7. The van der Waals surface area contributed by atoms with Gasteiger partial charge in [0.05, 0.1) is 14.2 Å². The summed E-state index contributed by atoms with van der Waals surface area (Å²) in [6.45, 7) is 0. The van der Waals surface area contributed by atoms with Crippen molar-refractivity contribution in [3.63, 3.8) is 0 Å². The minimum atomic E-state index is -1.55. The zero-order valence-corrected chi connectivity index (χ0v) is 13.2. The van der Waals surface area contributed by atoms with Crippen LogP contribution in [-0.2, 0) is 9.31 Å². The first kappa shape index (κ1) is 26.6. The first-order valence-electron chi connectivity index (χ1n) is 7.05. The van der Waals surface area contributed by atoms with E-state index in [-0.39, 0.29) is 103 Å². The van der Waals surface area contributed by atoms with Crippen LogP contribution in [0, 0.1) is 0 Å². The van der Waals surface area contributed by atoms with Gasteiger partial charge in [-0.2, -0.15) is 0 Å². The van der Waals surface area contributed by atoms with E-state index in [0.717, 1.165) is 0 Å². The Morgan fingerprint density at radius 3 is 1.54 bits per heavy atom. The van der Waals surface area contributed by atoms with Crippen LogP contribution in [0.4, 0.5) is 4.79 Å². The predicted molar refractivity (Wildman–Crippen MR) is 103 cm³/mol. The quantitative estimate of drug-likeness (QED) is 0.568.